The Morgan fingerprint density at radius 2 is 1.55 bits per heavy atom. The summed E-state index contributed by atoms with van der Waals surface area (Å²) in [5.41, 5.74) is 8.39. The molecular formula is C18H29NO3. The van der Waals surface area contributed by atoms with Gasteiger partial charge >= 0.3 is 0 Å². The lowest BCUT2D eigenvalue weighted by molar-refractivity contribution is -0.134. The molecule has 0 unspecified atom stereocenters. The van der Waals surface area contributed by atoms with E-state index in [0.29, 0.717) is 0 Å². The number of rotatable bonds is 5. The first-order valence-electron chi connectivity index (χ1n) is 8.13. The van der Waals surface area contributed by atoms with Crippen molar-refractivity contribution in [1.82, 2.24) is 0 Å². The van der Waals surface area contributed by atoms with E-state index in [-0.39, 0.29) is 6.61 Å². The van der Waals surface area contributed by atoms with Crippen molar-refractivity contribution in [3.63, 3.8) is 0 Å². The van der Waals surface area contributed by atoms with E-state index in [0.717, 1.165) is 31.7 Å². The molecule has 1 aromatic rings. The van der Waals surface area contributed by atoms with Gasteiger partial charge in [-0.1, -0.05) is 24.3 Å². The van der Waals surface area contributed by atoms with Crippen molar-refractivity contribution in [2.24, 2.45) is 17.6 Å². The zero-order valence-electron chi connectivity index (χ0n) is 13.5. The number of carboxylic acid groups (broad SMARTS) is 1. The van der Waals surface area contributed by atoms with E-state index >= 15 is 0 Å². The summed E-state index contributed by atoms with van der Waals surface area (Å²) < 4.78 is 0. The molecule has 0 amide bonds. The summed E-state index contributed by atoms with van der Waals surface area (Å²) in [6.07, 6.45) is 7.26. The second-order valence-electron chi connectivity index (χ2n) is 6.14. The maximum absolute atomic E-state index is 9.00. The van der Waals surface area contributed by atoms with E-state index in [2.05, 4.69) is 24.3 Å². The Bertz CT molecular complexity index is 418. The molecule has 4 N–H and O–H groups in total. The summed E-state index contributed by atoms with van der Waals surface area (Å²) in [6.45, 7) is 2.19. The highest BCUT2D eigenvalue weighted by atomic mass is 16.4. The van der Waals surface area contributed by atoms with Crippen LogP contribution in [-0.2, 0) is 17.6 Å². The molecule has 0 aliphatic heterocycles. The Morgan fingerprint density at radius 1 is 1.09 bits per heavy atom. The molecule has 0 saturated heterocycles. The maximum atomic E-state index is 9.00. The molecule has 0 aromatic heterocycles. The molecule has 1 aliphatic carbocycles. The van der Waals surface area contributed by atoms with E-state index < -0.39 is 5.97 Å². The van der Waals surface area contributed by atoms with Gasteiger partial charge in [0.05, 0.1) is 0 Å². The number of benzene rings is 1. The predicted octanol–water partition coefficient (Wildman–Crippen LogP) is 2.62. The normalized spacial score (nSPS) is 20.9. The summed E-state index contributed by atoms with van der Waals surface area (Å²) in [5.74, 6) is 0.782. The molecule has 1 aromatic carbocycles. The minimum Gasteiger partial charge on any atom is -0.481 e. The van der Waals surface area contributed by atoms with Crippen LogP contribution in [0.5, 0.6) is 0 Å². The van der Waals surface area contributed by atoms with Crippen LogP contribution < -0.4 is 5.73 Å². The quantitative estimate of drug-likeness (QED) is 0.781. The molecule has 2 rings (SSSR count). The number of aliphatic hydroxyl groups is 1. The molecule has 22 heavy (non-hydrogen) atoms. The Morgan fingerprint density at radius 3 is 2.00 bits per heavy atom. The number of hydrogen-bond donors (Lipinski definition) is 3. The highest BCUT2D eigenvalue weighted by Gasteiger charge is 2.20. The van der Waals surface area contributed by atoms with Crippen molar-refractivity contribution in [1.29, 1.82) is 0 Å². The van der Waals surface area contributed by atoms with Gasteiger partial charge in [-0.2, -0.15) is 0 Å². The van der Waals surface area contributed by atoms with Gasteiger partial charge in [-0.3, -0.25) is 4.79 Å². The Labute approximate surface area is 133 Å². The highest BCUT2D eigenvalue weighted by molar-refractivity contribution is 5.62. The summed E-state index contributed by atoms with van der Waals surface area (Å²) in [6, 6.07) is 8.74. The lowest BCUT2D eigenvalue weighted by Crippen LogP contribution is -2.22. The number of aliphatic hydroxyl groups excluding tert-OH is 1. The third-order valence-corrected chi connectivity index (χ3v) is 4.25. The molecule has 4 nitrogen and oxygen atoms in total. The first-order valence-corrected chi connectivity index (χ1v) is 8.13. The predicted molar refractivity (Wildman–Crippen MR) is 88.7 cm³/mol. The molecule has 124 valence electrons. The molecule has 0 radical (unpaired) electrons. The third kappa shape index (κ3) is 7.57. The van der Waals surface area contributed by atoms with Gasteiger partial charge in [0.2, 0.25) is 0 Å². The minimum absolute atomic E-state index is 0.239. The minimum atomic E-state index is -0.833. The summed E-state index contributed by atoms with van der Waals surface area (Å²) in [4.78, 5) is 9.00. The van der Waals surface area contributed by atoms with E-state index in [4.69, 9.17) is 20.7 Å². The smallest absolute Gasteiger partial charge is 0.300 e. The fraction of sp³-hybridized carbons (Fsp3) is 0.611. The van der Waals surface area contributed by atoms with Gasteiger partial charge in [-0.15, -0.1) is 0 Å². The third-order valence-electron chi connectivity index (χ3n) is 4.25. The van der Waals surface area contributed by atoms with E-state index in [9.17, 15) is 0 Å². The fourth-order valence-corrected chi connectivity index (χ4v) is 2.98. The largest absolute Gasteiger partial charge is 0.481 e. The highest BCUT2D eigenvalue weighted by Crippen LogP contribution is 2.30. The Kier molecular flexibility index (Phi) is 8.78. The topological polar surface area (TPSA) is 83.5 Å². The van der Waals surface area contributed by atoms with Crippen molar-refractivity contribution in [2.45, 2.75) is 45.4 Å². The second-order valence-corrected chi connectivity index (χ2v) is 6.14. The SMILES string of the molecule is CC(=O)O.NCC1CCC(Cc2ccc(CCO)cc2)CC1. The number of carbonyl (C=O) groups is 1. The van der Waals surface area contributed by atoms with E-state index in [1.54, 1.807) is 0 Å². The van der Waals surface area contributed by atoms with Crippen molar-refractivity contribution in [3.8, 4) is 0 Å². The standard InChI is InChI=1S/C16H25NO.C2H4O2/c17-12-16-7-5-15(6-8-16)11-14-3-1-13(2-4-14)9-10-18;1-2(3)4/h1-4,15-16,18H,5-12,17H2;1H3,(H,3,4). The van der Waals surface area contributed by atoms with Crippen molar-refractivity contribution >= 4 is 5.97 Å². The lowest BCUT2D eigenvalue weighted by Gasteiger charge is -2.27. The summed E-state index contributed by atoms with van der Waals surface area (Å²) >= 11 is 0. The van der Waals surface area contributed by atoms with Crippen LogP contribution >= 0.6 is 0 Å². The molecule has 1 aliphatic rings. The zero-order valence-corrected chi connectivity index (χ0v) is 13.5. The fourth-order valence-electron chi connectivity index (χ4n) is 2.98. The van der Waals surface area contributed by atoms with Crippen LogP contribution in [0.2, 0.25) is 0 Å². The first-order chi connectivity index (χ1) is 10.5. The van der Waals surface area contributed by atoms with Gasteiger partial charge in [0.1, 0.15) is 0 Å². The van der Waals surface area contributed by atoms with Crippen LogP contribution in [0.15, 0.2) is 24.3 Å². The van der Waals surface area contributed by atoms with Gasteiger partial charge in [-0.25, -0.2) is 0 Å². The molecule has 0 heterocycles. The van der Waals surface area contributed by atoms with Gasteiger partial charge in [0.15, 0.2) is 0 Å². The number of carboxylic acids is 1. The Hall–Kier alpha value is -1.39. The average molecular weight is 307 g/mol. The molecule has 0 bridgehead atoms. The molecular weight excluding hydrogens is 278 g/mol. The molecule has 0 atom stereocenters. The van der Waals surface area contributed by atoms with Gasteiger partial charge in [0, 0.05) is 13.5 Å². The van der Waals surface area contributed by atoms with Gasteiger partial charge in [0.25, 0.3) is 5.97 Å². The summed E-state index contributed by atoms with van der Waals surface area (Å²) in [5, 5.41) is 16.3. The van der Waals surface area contributed by atoms with Crippen LogP contribution in [0.3, 0.4) is 0 Å². The van der Waals surface area contributed by atoms with Crippen LogP contribution in [0.4, 0.5) is 0 Å². The van der Waals surface area contributed by atoms with Gasteiger partial charge < -0.3 is 15.9 Å². The number of hydrogen-bond acceptors (Lipinski definition) is 3. The Balaban J connectivity index is 0.000000541. The molecule has 4 heteroatoms. The van der Waals surface area contributed by atoms with Crippen molar-refractivity contribution in [2.75, 3.05) is 13.2 Å². The molecule has 1 saturated carbocycles. The van der Waals surface area contributed by atoms with Crippen molar-refractivity contribution in [3.05, 3.63) is 35.4 Å². The van der Waals surface area contributed by atoms with Crippen LogP contribution in [-0.4, -0.2) is 29.3 Å². The molecule has 1 fully saturated rings. The van der Waals surface area contributed by atoms with Crippen molar-refractivity contribution < 1.29 is 15.0 Å². The maximum Gasteiger partial charge on any atom is 0.300 e. The first kappa shape index (κ1) is 18.7. The molecule has 0 spiro atoms. The van der Waals surface area contributed by atoms with Gasteiger partial charge in [-0.05, 0) is 68.0 Å². The second kappa shape index (κ2) is 10.4. The van der Waals surface area contributed by atoms with Crippen LogP contribution in [0.25, 0.3) is 0 Å². The number of aliphatic carboxylic acids is 1. The lowest BCUT2D eigenvalue weighted by atomic mass is 9.79. The van der Waals surface area contributed by atoms with E-state index in [1.807, 2.05) is 0 Å². The van der Waals surface area contributed by atoms with E-state index in [1.165, 1.54) is 43.2 Å². The monoisotopic (exact) mass is 307 g/mol. The van der Waals surface area contributed by atoms with Crippen LogP contribution in [0.1, 0.15) is 43.7 Å². The number of nitrogens with two attached hydrogens (primary N) is 1. The average Bonchev–Trinajstić information content (AvgIpc) is 2.50. The van der Waals surface area contributed by atoms with Crippen LogP contribution in [0, 0.1) is 11.8 Å². The summed E-state index contributed by atoms with van der Waals surface area (Å²) in [7, 11) is 0. The zero-order chi connectivity index (χ0) is 16.4.